The average Bonchev–Trinajstić information content (AvgIpc) is 2.96. The van der Waals surface area contributed by atoms with Gasteiger partial charge in [0.1, 0.15) is 12.1 Å². The highest BCUT2D eigenvalue weighted by molar-refractivity contribution is 6.42. The maximum Gasteiger partial charge on any atom is 0.328 e. The van der Waals surface area contributed by atoms with Crippen LogP contribution in [0, 0.1) is 0 Å². The molecule has 0 fully saturated rings. The molecular weight excluding hydrogens is 337 g/mol. The molecule has 0 bridgehead atoms. The summed E-state index contributed by atoms with van der Waals surface area (Å²) in [6.45, 7) is 0. The van der Waals surface area contributed by atoms with Gasteiger partial charge in [-0.05, 0) is 23.7 Å². The third-order valence-electron chi connectivity index (χ3n) is 2.41. The van der Waals surface area contributed by atoms with Gasteiger partial charge in [0.25, 0.3) is 0 Å². The lowest BCUT2D eigenvalue weighted by Gasteiger charge is -2.06. The Bertz CT molecular complexity index is 779. The fourth-order valence-corrected chi connectivity index (χ4v) is 1.94. The van der Waals surface area contributed by atoms with Gasteiger partial charge < -0.3 is 4.74 Å². The third kappa shape index (κ3) is 3.24. The highest BCUT2D eigenvalue weighted by atomic mass is 35.5. The summed E-state index contributed by atoms with van der Waals surface area (Å²) in [5.41, 5.74) is 0. The van der Waals surface area contributed by atoms with E-state index in [0.29, 0.717) is 21.7 Å². The first-order valence-electron chi connectivity index (χ1n) is 5.64. The lowest BCUT2D eigenvalue weighted by Crippen LogP contribution is -2.03. The third-order valence-corrected chi connectivity index (χ3v) is 3.32. The molecule has 0 atom stereocenters. The van der Waals surface area contributed by atoms with Crippen LogP contribution in [0.3, 0.4) is 0 Å². The Morgan fingerprint density at radius 3 is 2.57 bits per heavy atom. The first kappa shape index (κ1) is 14.1. The van der Waals surface area contributed by atoms with Crippen LogP contribution in [-0.4, -0.2) is 24.5 Å². The normalized spacial score (nSPS) is 10.6. The van der Waals surface area contributed by atoms with Crippen LogP contribution in [0.25, 0.3) is 5.95 Å². The fourth-order valence-electron chi connectivity index (χ4n) is 1.51. The second kappa shape index (κ2) is 5.85. The Hall–Kier alpha value is -1.89. The van der Waals surface area contributed by atoms with E-state index >= 15 is 0 Å². The van der Waals surface area contributed by atoms with Crippen LogP contribution in [0.15, 0.2) is 36.9 Å². The summed E-state index contributed by atoms with van der Waals surface area (Å²) in [7, 11) is 0. The van der Waals surface area contributed by atoms with Crippen molar-refractivity contribution < 1.29 is 4.74 Å². The number of rotatable bonds is 3. The summed E-state index contributed by atoms with van der Waals surface area (Å²) in [6.07, 6.45) is 4.81. The van der Waals surface area contributed by atoms with Crippen molar-refractivity contribution in [1.29, 1.82) is 0 Å². The predicted molar refractivity (Wildman–Crippen MR) is 78.5 cm³/mol. The SMILES string of the molecule is Clc1nc(Oc2ccc(Cl)c(Cl)c2)nc(-n2ccnc2)n1. The summed E-state index contributed by atoms with van der Waals surface area (Å²) < 4.78 is 7.09. The first-order valence-corrected chi connectivity index (χ1v) is 6.78. The molecule has 0 aliphatic heterocycles. The topological polar surface area (TPSA) is 65.7 Å². The van der Waals surface area contributed by atoms with Crippen molar-refractivity contribution in [3.63, 3.8) is 0 Å². The number of hydrogen-bond donors (Lipinski definition) is 0. The predicted octanol–water partition coefficient (Wildman–Crippen LogP) is 3.81. The summed E-state index contributed by atoms with van der Waals surface area (Å²) in [5.74, 6) is 0.728. The van der Waals surface area contributed by atoms with Crippen LogP contribution in [0.5, 0.6) is 11.8 Å². The molecule has 21 heavy (non-hydrogen) atoms. The van der Waals surface area contributed by atoms with Crippen LogP contribution >= 0.6 is 34.8 Å². The molecule has 0 N–H and O–H groups in total. The van der Waals surface area contributed by atoms with Crippen LogP contribution in [0.2, 0.25) is 15.3 Å². The molecule has 0 aliphatic carbocycles. The Kier molecular flexibility index (Phi) is 3.92. The summed E-state index contributed by atoms with van der Waals surface area (Å²) >= 11 is 17.6. The molecule has 0 spiro atoms. The van der Waals surface area contributed by atoms with Gasteiger partial charge in [-0.15, -0.1) is 0 Å². The number of benzene rings is 1. The zero-order valence-corrected chi connectivity index (χ0v) is 12.5. The van der Waals surface area contributed by atoms with Gasteiger partial charge in [0, 0.05) is 18.5 Å². The standard InChI is InChI=1S/C12H6Cl3N5O/c13-8-2-1-7(5-9(8)14)21-12-18-10(15)17-11(19-12)20-4-3-16-6-20/h1-6H. The lowest BCUT2D eigenvalue weighted by atomic mass is 10.3. The van der Waals surface area contributed by atoms with Gasteiger partial charge in [0.05, 0.1) is 10.0 Å². The molecule has 0 amide bonds. The number of ether oxygens (including phenoxy) is 1. The number of aromatic nitrogens is 5. The first-order chi connectivity index (χ1) is 10.1. The molecule has 2 heterocycles. The Morgan fingerprint density at radius 1 is 1.00 bits per heavy atom. The van der Waals surface area contributed by atoms with Crippen molar-refractivity contribution in [1.82, 2.24) is 24.5 Å². The Labute approximate surface area is 134 Å². The highest BCUT2D eigenvalue weighted by Gasteiger charge is 2.09. The molecule has 106 valence electrons. The Morgan fingerprint density at radius 2 is 1.86 bits per heavy atom. The molecule has 9 heteroatoms. The van der Waals surface area contributed by atoms with E-state index in [2.05, 4.69) is 19.9 Å². The van der Waals surface area contributed by atoms with Crippen molar-refractivity contribution in [2.75, 3.05) is 0 Å². The van der Waals surface area contributed by atoms with Crippen LogP contribution < -0.4 is 4.74 Å². The number of hydrogen-bond acceptors (Lipinski definition) is 5. The van der Waals surface area contributed by atoms with E-state index in [9.17, 15) is 0 Å². The van der Waals surface area contributed by atoms with Crippen molar-refractivity contribution >= 4 is 34.8 Å². The van der Waals surface area contributed by atoms with Gasteiger partial charge in [0.2, 0.25) is 11.2 Å². The smallest absolute Gasteiger partial charge is 0.328 e. The number of imidazole rings is 1. The quantitative estimate of drug-likeness (QED) is 0.724. The Balaban J connectivity index is 1.93. The summed E-state index contributed by atoms with van der Waals surface area (Å²) in [4.78, 5) is 15.9. The minimum atomic E-state index is 0.00348. The molecule has 3 rings (SSSR count). The minimum Gasteiger partial charge on any atom is -0.424 e. The lowest BCUT2D eigenvalue weighted by molar-refractivity contribution is 0.438. The largest absolute Gasteiger partial charge is 0.424 e. The molecule has 0 unspecified atom stereocenters. The van der Waals surface area contributed by atoms with Crippen LogP contribution in [0.4, 0.5) is 0 Å². The maximum atomic E-state index is 5.92. The van der Waals surface area contributed by atoms with E-state index in [0.717, 1.165) is 0 Å². The van der Waals surface area contributed by atoms with E-state index in [1.165, 1.54) is 6.33 Å². The molecule has 6 nitrogen and oxygen atoms in total. The van der Waals surface area contributed by atoms with Gasteiger partial charge in [-0.3, -0.25) is 4.57 Å². The molecule has 3 aromatic rings. The van der Waals surface area contributed by atoms with E-state index in [1.807, 2.05) is 0 Å². The maximum absolute atomic E-state index is 5.92. The number of halogens is 3. The van der Waals surface area contributed by atoms with Gasteiger partial charge in [-0.1, -0.05) is 23.2 Å². The average molecular weight is 343 g/mol. The van der Waals surface area contributed by atoms with E-state index < -0.39 is 0 Å². The highest BCUT2D eigenvalue weighted by Crippen LogP contribution is 2.28. The minimum absolute atomic E-state index is 0.00348. The van der Waals surface area contributed by atoms with Crippen LogP contribution in [0.1, 0.15) is 0 Å². The van der Waals surface area contributed by atoms with Crippen molar-refractivity contribution in [2.24, 2.45) is 0 Å². The van der Waals surface area contributed by atoms with Gasteiger partial charge in [0.15, 0.2) is 0 Å². The molecule has 0 saturated heterocycles. The number of nitrogens with zero attached hydrogens (tertiary/aromatic N) is 5. The van der Waals surface area contributed by atoms with Crippen molar-refractivity contribution in [3.05, 3.63) is 52.2 Å². The second-order valence-corrected chi connectivity index (χ2v) is 4.99. The van der Waals surface area contributed by atoms with Crippen molar-refractivity contribution in [2.45, 2.75) is 0 Å². The molecule has 0 radical (unpaired) electrons. The monoisotopic (exact) mass is 341 g/mol. The fraction of sp³-hybridized carbons (Fsp3) is 0. The van der Waals surface area contributed by atoms with Crippen molar-refractivity contribution in [3.8, 4) is 17.7 Å². The van der Waals surface area contributed by atoms with Gasteiger partial charge >= 0.3 is 6.01 Å². The molecule has 2 aromatic heterocycles. The molecule has 0 aliphatic rings. The zero-order valence-electron chi connectivity index (χ0n) is 10.2. The van der Waals surface area contributed by atoms with Gasteiger partial charge in [-0.25, -0.2) is 4.98 Å². The molecular formula is C12H6Cl3N5O. The summed E-state index contributed by atoms with van der Waals surface area (Å²) in [5, 5.41) is 0.796. The molecule has 0 saturated carbocycles. The van der Waals surface area contributed by atoms with E-state index in [4.69, 9.17) is 39.5 Å². The zero-order chi connectivity index (χ0) is 14.8. The van der Waals surface area contributed by atoms with Crippen LogP contribution in [-0.2, 0) is 0 Å². The van der Waals surface area contributed by atoms with E-state index in [1.54, 1.807) is 35.2 Å². The van der Waals surface area contributed by atoms with E-state index in [-0.39, 0.29) is 11.3 Å². The summed E-state index contributed by atoms with van der Waals surface area (Å²) in [6, 6.07) is 4.84. The second-order valence-electron chi connectivity index (χ2n) is 3.83. The van der Waals surface area contributed by atoms with Gasteiger partial charge in [-0.2, -0.15) is 15.0 Å². The molecule has 1 aromatic carbocycles.